The van der Waals surface area contributed by atoms with E-state index in [1.165, 1.54) is 0 Å². The summed E-state index contributed by atoms with van der Waals surface area (Å²) in [6, 6.07) is -3.75. The van der Waals surface area contributed by atoms with Crippen molar-refractivity contribution in [1.29, 1.82) is 0 Å². The van der Waals surface area contributed by atoms with E-state index >= 15 is 0 Å². The average molecular weight is 420 g/mol. The van der Waals surface area contributed by atoms with Crippen LogP contribution in [-0.2, 0) is 24.0 Å². The molecule has 160 valence electrons. The zero-order valence-corrected chi connectivity index (χ0v) is 16.2. The van der Waals surface area contributed by atoms with Crippen LogP contribution in [0.4, 0.5) is 0 Å². The number of amides is 4. The third-order valence-electron chi connectivity index (χ3n) is 3.62. The molecule has 0 aromatic rings. The molecule has 3 atom stereocenters. The van der Waals surface area contributed by atoms with Crippen LogP contribution in [0, 0.1) is 0 Å². The normalized spacial score (nSPS) is 13.7. The van der Waals surface area contributed by atoms with Gasteiger partial charge >= 0.3 is 5.97 Å². The van der Waals surface area contributed by atoms with Crippen molar-refractivity contribution in [2.45, 2.75) is 43.8 Å². The van der Waals surface area contributed by atoms with Gasteiger partial charge in [0.15, 0.2) is 0 Å². The Morgan fingerprint density at radius 3 is 1.93 bits per heavy atom. The van der Waals surface area contributed by atoms with Crippen LogP contribution < -0.4 is 33.2 Å². The molecule has 0 spiro atoms. The molecule has 0 aromatic carbocycles. The lowest BCUT2D eigenvalue weighted by atomic mass is 10.1. The van der Waals surface area contributed by atoms with Crippen LogP contribution in [0.1, 0.15) is 25.7 Å². The molecule has 0 radical (unpaired) electrons. The van der Waals surface area contributed by atoms with Crippen molar-refractivity contribution in [3.8, 4) is 0 Å². The Morgan fingerprint density at radius 2 is 1.46 bits per heavy atom. The van der Waals surface area contributed by atoms with Gasteiger partial charge in [-0.25, -0.2) is 4.79 Å². The smallest absolute Gasteiger partial charge is 0.326 e. The number of rotatable bonds is 14. The molecule has 28 heavy (non-hydrogen) atoms. The third kappa shape index (κ3) is 10.1. The van der Waals surface area contributed by atoms with Crippen molar-refractivity contribution in [3.05, 3.63) is 0 Å². The second kappa shape index (κ2) is 13.7. The predicted molar refractivity (Wildman–Crippen MR) is 103 cm³/mol. The number of nitrogens with two attached hydrogens (primary N) is 3. The molecule has 0 rings (SSSR count). The predicted octanol–water partition coefficient (Wildman–Crippen LogP) is -3.58. The van der Waals surface area contributed by atoms with Gasteiger partial charge in [0.25, 0.3) is 0 Å². The average Bonchev–Trinajstić information content (AvgIpc) is 2.63. The minimum atomic E-state index is -1.42. The molecule has 0 bridgehead atoms. The molecule has 0 saturated heterocycles. The van der Waals surface area contributed by atoms with Crippen molar-refractivity contribution in [1.82, 2.24) is 16.0 Å². The molecule has 13 heteroatoms. The Labute approximate surface area is 167 Å². The molecule has 0 saturated carbocycles. The first kappa shape index (κ1) is 25.6. The number of carboxylic acids is 1. The van der Waals surface area contributed by atoms with E-state index in [1.807, 2.05) is 0 Å². The monoisotopic (exact) mass is 420 g/mol. The molecule has 0 aliphatic rings. The van der Waals surface area contributed by atoms with E-state index in [2.05, 4.69) is 28.6 Å². The van der Waals surface area contributed by atoms with Crippen molar-refractivity contribution < 1.29 is 29.1 Å². The molecule has 4 amide bonds. The molecule has 12 nitrogen and oxygen atoms in total. The first-order valence-corrected chi connectivity index (χ1v) is 9.21. The van der Waals surface area contributed by atoms with E-state index in [4.69, 9.17) is 17.2 Å². The van der Waals surface area contributed by atoms with Crippen molar-refractivity contribution in [2.75, 3.05) is 18.8 Å². The van der Waals surface area contributed by atoms with E-state index in [1.54, 1.807) is 0 Å². The zero-order chi connectivity index (χ0) is 21.7. The highest BCUT2D eigenvalue weighted by atomic mass is 32.1. The summed E-state index contributed by atoms with van der Waals surface area (Å²) in [7, 11) is 0. The van der Waals surface area contributed by atoms with Gasteiger partial charge in [0, 0.05) is 5.75 Å². The Kier molecular flexibility index (Phi) is 12.6. The molecule has 10 N–H and O–H groups in total. The fraction of sp³-hybridized carbons (Fsp3) is 0.667. The quantitative estimate of drug-likeness (QED) is 0.103. The number of primary amides is 1. The SMILES string of the molecule is NCCCCC(NC(=O)C(CC(N)=O)NC(=O)C(CS)NC(=O)CN)C(=O)O. The summed E-state index contributed by atoms with van der Waals surface area (Å²) in [5.74, 6) is -4.55. The van der Waals surface area contributed by atoms with Gasteiger partial charge in [0.2, 0.25) is 23.6 Å². The number of thiol groups is 1. The minimum absolute atomic E-state index is 0.0979. The van der Waals surface area contributed by atoms with Gasteiger partial charge in [-0.3, -0.25) is 19.2 Å². The summed E-state index contributed by atoms with van der Waals surface area (Å²) in [6.07, 6.45) is 0.608. The van der Waals surface area contributed by atoms with E-state index in [-0.39, 0.29) is 18.7 Å². The molecule has 3 unspecified atom stereocenters. The second-order valence-electron chi connectivity index (χ2n) is 5.92. The maximum atomic E-state index is 12.4. The number of unbranched alkanes of at least 4 members (excludes halogenated alkanes) is 1. The largest absolute Gasteiger partial charge is 0.480 e. The number of hydrogen-bond donors (Lipinski definition) is 8. The first-order valence-electron chi connectivity index (χ1n) is 8.58. The summed E-state index contributed by atoms with van der Waals surface area (Å²) in [5.41, 5.74) is 15.6. The Hall–Kier alpha value is -2.38. The molecule has 0 aliphatic carbocycles. The van der Waals surface area contributed by atoms with Crippen LogP contribution in [0.2, 0.25) is 0 Å². The van der Waals surface area contributed by atoms with E-state index < -0.39 is 54.1 Å². The highest BCUT2D eigenvalue weighted by Crippen LogP contribution is 2.03. The van der Waals surface area contributed by atoms with Crippen LogP contribution in [0.25, 0.3) is 0 Å². The maximum Gasteiger partial charge on any atom is 0.326 e. The van der Waals surface area contributed by atoms with E-state index in [0.29, 0.717) is 19.4 Å². The fourth-order valence-corrected chi connectivity index (χ4v) is 2.41. The number of hydrogen-bond acceptors (Lipinski definition) is 8. The Bertz CT molecular complexity index is 575. The number of aliphatic carboxylic acids is 1. The van der Waals surface area contributed by atoms with Gasteiger partial charge in [-0.1, -0.05) is 0 Å². The zero-order valence-electron chi connectivity index (χ0n) is 15.3. The summed E-state index contributed by atoms with van der Waals surface area (Å²) >= 11 is 3.95. The van der Waals surface area contributed by atoms with E-state index in [9.17, 15) is 29.1 Å². The summed E-state index contributed by atoms with van der Waals surface area (Å²) in [6.45, 7) is 0.0200. The van der Waals surface area contributed by atoms with Crippen LogP contribution in [0.15, 0.2) is 0 Å². The van der Waals surface area contributed by atoms with Gasteiger partial charge in [-0.2, -0.15) is 12.6 Å². The van der Waals surface area contributed by atoms with E-state index in [0.717, 1.165) is 0 Å². The second-order valence-corrected chi connectivity index (χ2v) is 6.29. The molecule has 0 fully saturated rings. The first-order chi connectivity index (χ1) is 13.2. The lowest BCUT2D eigenvalue weighted by Crippen LogP contribution is -2.57. The van der Waals surface area contributed by atoms with Gasteiger partial charge in [0.1, 0.15) is 18.1 Å². The number of carbonyl (C=O) groups excluding carboxylic acids is 4. The number of nitrogens with one attached hydrogen (secondary N) is 3. The highest BCUT2D eigenvalue weighted by molar-refractivity contribution is 7.80. The van der Waals surface area contributed by atoms with Gasteiger partial charge < -0.3 is 38.3 Å². The molecule has 0 heterocycles. The third-order valence-corrected chi connectivity index (χ3v) is 3.98. The molecule has 0 aromatic heterocycles. The topological polar surface area (TPSA) is 220 Å². The molecule has 0 aliphatic heterocycles. The van der Waals surface area contributed by atoms with Crippen molar-refractivity contribution in [2.24, 2.45) is 17.2 Å². The lowest BCUT2D eigenvalue weighted by Gasteiger charge is -2.23. The number of carboxylic acid groups (broad SMARTS) is 1. The van der Waals surface area contributed by atoms with Crippen LogP contribution >= 0.6 is 12.6 Å². The molecular formula is C15H28N6O6S. The van der Waals surface area contributed by atoms with Crippen molar-refractivity contribution >= 4 is 42.2 Å². The van der Waals surface area contributed by atoms with Gasteiger partial charge in [-0.15, -0.1) is 0 Å². The van der Waals surface area contributed by atoms with Crippen LogP contribution in [0.3, 0.4) is 0 Å². The maximum absolute atomic E-state index is 12.4. The summed E-state index contributed by atoms with van der Waals surface area (Å²) in [4.78, 5) is 58.6. The Morgan fingerprint density at radius 1 is 0.893 bits per heavy atom. The van der Waals surface area contributed by atoms with Crippen LogP contribution in [-0.4, -0.2) is 71.7 Å². The highest BCUT2D eigenvalue weighted by Gasteiger charge is 2.29. The van der Waals surface area contributed by atoms with Crippen molar-refractivity contribution in [3.63, 3.8) is 0 Å². The minimum Gasteiger partial charge on any atom is -0.480 e. The number of carbonyl (C=O) groups is 5. The van der Waals surface area contributed by atoms with Gasteiger partial charge in [-0.05, 0) is 25.8 Å². The van der Waals surface area contributed by atoms with Crippen LogP contribution in [0.5, 0.6) is 0 Å². The summed E-state index contributed by atoms with van der Waals surface area (Å²) in [5, 5.41) is 16.1. The Balaban J connectivity index is 5.13. The molecular weight excluding hydrogens is 392 g/mol. The standard InChI is InChI=1S/C15H28N6O6S/c16-4-2-1-3-8(15(26)27)20-13(24)9(5-11(18)22)21-14(25)10(7-28)19-12(23)6-17/h8-10,28H,1-7,16-17H2,(H2,18,22)(H,19,23)(H,20,24)(H,21,25)(H,26,27). The fourth-order valence-electron chi connectivity index (χ4n) is 2.15. The summed E-state index contributed by atoms with van der Waals surface area (Å²) < 4.78 is 0. The van der Waals surface area contributed by atoms with Gasteiger partial charge in [0.05, 0.1) is 13.0 Å². The lowest BCUT2D eigenvalue weighted by molar-refractivity contribution is -0.142.